The summed E-state index contributed by atoms with van der Waals surface area (Å²) in [5.41, 5.74) is 8.62. The number of nitrogens with one attached hydrogen (secondary N) is 1. The lowest BCUT2D eigenvalue weighted by Crippen LogP contribution is -2.29. The highest BCUT2D eigenvalue weighted by Crippen LogP contribution is 2.20. The Hall–Kier alpha value is -2.32. The fourth-order valence-electron chi connectivity index (χ4n) is 2.64. The molecule has 3 N–H and O–H groups in total. The molecular formula is C19H20N2. The highest BCUT2D eigenvalue weighted by Gasteiger charge is 2.05. The molecule has 21 heavy (non-hydrogen) atoms. The molecule has 0 heterocycles. The van der Waals surface area contributed by atoms with Crippen molar-refractivity contribution in [3.05, 3.63) is 78.4 Å². The predicted molar refractivity (Wildman–Crippen MR) is 90.3 cm³/mol. The zero-order chi connectivity index (χ0) is 14.5. The molecule has 0 amide bonds. The molecule has 0 fully saturated rings. The van der Waals surface area contributed by atoms with E-state index in [9.17, 15) is 0 Å². The van der Waals surface area contributed by atoms with Gasteiger partial charge in [-0.1, -0.05) is 60.7 Å². The Morgan fingerprint density at radius 1 is 0.810 bits per heavy atom. The Labute approximate surface area is 125 Å². The third kappa shape index (κ3) is 3.41. The van der Waals surface area contributed by atoms with Gasteiger partial charge < -0.3 is 11.1 Å². The van der Waals surface area contributed by atoms with Gasteiger partial charge in [-0.2, -0.15) is 0 Å². The topological polar surface area (TPSA) is 38.0 Å². The van der Waals surface area contributed by atoms with Gasteiger partial charge in [0.25, 0.3) is 0 Å². The normalized spacial score (nSPS) is 12.2. The van der Waals surface area contributed by atoms with Crippen LogP contribution in [0.4, 0.5) is 5.69 Å². The van der Waals surface area contributed by atoms with Gasteiger partial charge in [-0.3, -0.25) is 0 Å². The summed E-state index contributed by atoms with van der Waals surface area (Å²) in [5.74, 6) is 0. The quantitative estimate of drug-likeness (QED) is 0.686. The van der Waals surface area contributed by atoms with E-state index in [1.54, 1.807) is 0 Å². The van der Waals surface area contributed by atoms with Crippen LogP contribution in [-0.2, 0) is 6.42 Å². The van der Waals surface area contributed by atoms with E-state index in [0.29, 0.717) is 0 Å². The molecule has 1 unspecified atom stereocenters. The van der Waals surface area contributed by atoms with E-state index in [4.69, 9.17) is 5.73 Å². The Kier molecular flexibility index (Phi) is 4.17. The first-order valence-corrected chi connectivity index (χ1v) is 7.37. The lowest BCUT2D eigenvalue weighted by atomic mass is 10.0. The van der Waals surface area contributed by atoms with E-state index in [1.165, 1.54) is 16.3 Å². The standard InChI is InChI=1S/C19H20N2/c20-19(21-17-10-2-1-3-11-17)14-13-16-9-6-8-15-7-4-5-12-18(15)16/h1-12,19,21H,13-14,20H2. The molecule has 0 radical (unpaired) electrons. The number of fused-ring (bicyclic) bond motifs is 1. The van der Waals surface area contributed by atoms with Gasteiger partial charge in [-0.25, -0.2) is 0 Å². The number of rotatable bonds is 5. The highest BCUT2D eigenvalue weighted by atomic mass is 15.0. The van der Waals surface area contributed by atoms with Crippen molar-refractivity contribution < 1.29 is 0 Å². The first-order chi connectivity index (χ1) is 10.3. The number of hydrogen-bond acceptors (Lipinski definition) is 2. The molecule has 1 atom stereocenters. The van der Waals surface area contributed by atoms with Crippen LogP contribution in [0.3, 0.4) is 0 Å². The van der Waals surface area contributed by atoms with Crippen molar-refractivity contribution in [1.82, 2.24) is 0 Å². The minimum absolute atomic E-state index is 0.0358. The summed E-state index contributed by atoms with van der Waals surface area (Å²) in [7, 11) is 0. The molecule has 3 rings (SSSR count). The molecule has 2 heteroatoms. The van der Waals surface area contributed by atoms with Crippen LogP contribution in [0.5, 0.6) is 0 Å². The first kappa shape index (κ1) is 13.7. The molecule has 0 spiro atoms. The van der Waals surface area contributed by atoms with E-state index in [-0.39, 0.29) is 6.17 Å². The molecule has 2 nitrogen and oxygen atoms in total. The number of anilines is 1. The Morgan fingerprint density at radius 3 is 2.38 bits per heavy atom. The SMILES string of the molecule is NC(CCc1cccc2ccccc12)Nc1ccccc1. The van der Waals surface area contributed by atoms with Gasteiger partial charge in [-0.05, 0) is 41.3 Å². The zero-order valence-electron chi connectivity index (χ0n) is 12.0. The predicted octanol–water partition coefficient (Wildman–Crippen LogP) is 4.17. The van der Waals surface area contributed by atoms with Crippen molar-refractivity contribution in [3.8, 4) is 0 Å². The largest absolute Gasteiger partial charge is 0.370 e. The second-order valence-corrected chi connectivity index (χ2v) is 5.29. The van der Waals surface area contributed by atoms with Crippen LogP contribution in [0.2, 0.25) is 0 Å². The van der Waals surface area contributed by atoms with Gasteiger partial charge in [0.2, 0.25) is 0 Å². The Balaban J connectivity index is 1.66. The van der Waals surface area contributed by atoms with E-state index in [1.807, 2.05) is 30.3 Å². The third-order valence-corrected chi connectivity index (χ3v) is 3.73. The van der Waals surface area contributed by atoms with Crippen LogP contribution in [0.1, 0.15) is 12.0 Å². The number of nitrogens with two attached hydrogens (primary N) is 1. The fourth-order valence-corrected chi connectivity index (χ4v) is 2.64. The van der Waals surface area contributed by atoms with E-state index in [2.05, 4.69) is 47.8 Å². The van der Waals surface area contributed by atoms with Gasteiger partial charge in [0.15, 0.2) is 0 Å². The summed E-state index contributed by atoms with van der Waals surface area (Å²) in [6.07, 6.45) is 1.84. The molecular weight excluding hydrogens is 256 g/mol. The molecule has 0 saturated carbocycles. The van der Waals surface area contributed by atoms with E-state index in [0.717, 1.165) is 18.5 Å². The van der Waals surface area contributed by atoms with Gasteiger partial charge in [0, 0.05) is 5.69 Å². The summed E-state index contributed by atoms with van der Waals surface area (Å²) >= 11 is 0. The van der Waals surface area contributed by atoms with Crippen LogP contribution in [0, 0.1) is 0 Å². The summed E-state index contributed by atoms with van der Waals surface area (Å²) in [4.78, 5) is 0. The van der Waals surface area contributed by atoms with Crippen molar-refractivity contribution in [2.45, 2.75) is 19.0 Å². The lowest BCUT2D eigenvalue weighted by Gasteiger charge is -2.15. The van der Waals surface area contributed by atoms with Crippen LogP contribution in [-0.4, -0.2) is 6.17 Å². The Bertz CT molecular complexity index is 702. The van der Waals surface area contributed by atoms with Gasteiger partial charge >= 0.3 is 0 Å². The fraction of sp³-hybridized carbons (Fsp3) is 0.158. The number of para-hydroxylation sites is 1. The second kappa shape index (κ2) is 6.42. The zero-order valence-corrected chi connectivity index (χ0v) is 12.0. The van der Waals surface area contributed by atoms with Crippen LogP contribution < -0.4 is 11.1 Å². The molecule has 0 aromatic heterocycles. The second-order valence-electron chi connectivity index (χ2n) is 5.29. The minimum atomic E-state index is -0.0358. The molecule has 0 aliphatic carbocycles. The summed E-state index contributed by atoms with van der Waals surface area (Å²) in [6, 6.07) is 25.1. The Morgan fingerprint density at radius 2 is 1.52 bits per heavy atom. The minimum Gasteiger partial charge on any atom is -0.370 e. The molecule has 3 aromatic carbocycles. The maximum atomic E-state index is 6.19. The highest BCUT2D eigenvalue weighted by molar-refractivity contribution is 5.85. The monoisotopic (exact) mass is 276 g/mol. The van der Waals surface area contributed by atoms with Gasteiger partial charge in [-0.15, -0.1) is 0 Å². The first-order valence-electron chi connectivity index (χ1n) is 7.37. The number of benzene rings is 3. The molecule has 0 bridgehead atoms. The molecule has 3 aromatic rings. The summed E-state index contributed by atoms with van der Waals surface area (Å²) < 4.78 is 0. The van der Waals surface area contributed by atoms with Crippen molar-refractivity contribution >= 4 is 16.5 Å². The van der Waals surface area contributed by atoms with Gasteiger partial charge in [0.1, 0.15) is 0 Å². The lowest BCUT2D eigenvalue weighted by molar-refractivity contribution is 0.681. The average Bonchev–Trinajstić information content (AvgIpc) is 2.54. The maximum absolute atomic E-state index is 6.19. The summed E-state index contributed by atoms with van der Waals surface area (Å²) in [5, 5.41) is 5.96. The van der Waals surface area contributed by atoms with Crippen molar-refractivity contribution in [1.29, 1.82) is 0 Å². The maximum Gasteiger partial charge on any atom is 0.0746 e. The molecule has 106 valence electrons. The number of hydrogen-bond donors (Lipinski definition) is 2. The van der Waals surface area contributed by atoms with E-state index >= 15 is 0 Å². The van der Waals surface area contributed by atoms with Crippen LogP contribution >= 0.6 is 0 Å². The summed E-state index contributed by atoms with van der Waals surface area (Å²) in [6.45, 7) is 0. The van der Waals surface area contributed by atoms with Gasteiger partial charge in [0.05, 0.1) is 6.17 Å². The van der Waals surface area contributed by atoms with Crippen molar-refractivity contribution in [2.24, 2.45) is 5.73 Å². The average molecular weight is 276 g/mol. The molecule has 0 aliphatic rings. The van der Waals surface area contributed by atoms with Crippen LogP contribution in [0.15, 0.2) is 72.8 Å². The smallest absolute Gasteiger partial charge is 0.0746 e. The van der Waals surface area contributed by atoms with Crippen molar-refractivity contribution in [3.63, 3.8) is 0 Å². The third-order valence-electron chi connectivity index (χ3n) is 3.73. The molecule has 0 saturated heterocycles. The molecule has 0 aliphatic heterocycles. The van der Waals surface area contributed by atoms with E-state index < -0.39 is 0 Å². The van der Waals surface area contributed by atoms with Crippen molar-refractivity contribution in [2.75, 3.05) is 5.32 Å². The van der Waals surface area contributed by atoms with Crippen LogP contribution in [0.25, 0.3) is 10.8 Å². The number of aryl methyl sites for hydroxylation is 1.